The third kappa shape index (κ3) is 2.05. The molecule has 0 unspecified atom stereocenters. The van der Waals surface area contributed by atoms with Gasteiger partial charge in [0.25, 0.3) is 0 Å². The highest BCUT2D eigenvalue weighted by molar-refractivity contribution is 5.65. The molecule has 0 bridgehead atoms. The molecule has 0 saturated carbocycles. The lowest BCUT2D eigenvalue weighted by atomic mass is 9.95. The van der Waals surface area contributed by atoms with E-state index in [0.29, 0.717) is 13.1 Å². The highest BCUT2D eigenvalue weighted by Gasteiger charge is 2.44. The summed E-state index contributed by atoms with van der Waals surface area (Å²) in [4.78, 5) is 12.9. The summed E-state index contributed by atoms with van der Waals surface area (Å²) < 4.78 is 5.67. The van der Waals surface area contributed by atoms with E-state index in [1.807, 2.05) is 27.8 Å². The van der Waals surface area contributed by atoms with Crippen LogP contribution in [-0.4, -0.2) is 42.5 Å². The van der Waals surface area contributed by atoms with Gasteiger partial charge in [0.2, 0.25) is 0 Å². The molecule has 0 aliphatic carbocycles. The van der Waals surface area contributed by atoms with Crippen LogP contribution in [0.1, 0.15) is 20.8 Å². The van der Waals surface area contributed by atoms with Gasteiger partial charge in [0.15, 0.2) is 6.29 Å². The van der Waals surface area contributed by atoms with Crippen LogP contribution < -0.4 is 0 Å². The van der Waals surface area contributed by atoms with E-state index in [4.69, 9.17) is 4.74 Å². The number of ether oxygens (including phenoxy) is 1. The van der Waals surface area contributed by atoms with Crippen LogP contribution in [0.15, 0.2) is 0 Å². The Bertz CT molecular complexity index is 177. The standard InChI is InChI=1S/C9H17NO2/c1-8(2,3)12-9(7-11)5-10(4)6-9/h7H,5-6H2,1-4H3. The molecule has 0 radical (unpaired) electrons. The second kappa shape index (κ2) is 2.82. The van der Waals surface area contributed by atoms with Crippen LogP contribution in [0.25, 0.3) is 0 Å². The van der Waals surface area contributed by atoms with Gasteiger partial charge < -0.3 is 9.53 Å². The minimum Gasteiger partial charge on any atom is -0.359 e. The van der Waals surface area contributed by atoms with E-state index >= 15 is 0 Å². The molecule has 1 aliphatic heterocycles. The normalized spacial score (nSPS) is 23.3. The largest absolute Gasteiger partial charge is 0.359 e. The molecule has 70 valence electrons. The van der Waals surface area contributed by atoms with Gasteiger partial charge in [-0.05, 0) is 27.8 Å². The third-order valence-electron chi connectivity index (χ3n) is 1.80. The number of hydrogen-bond acceptors (Lipinski definition) is 3. The monoisotopic (exact) mass is 171 g/mol. The van der Waals surface area contributed by atoms with Gasteiger partial charge in [-0.25, -0.2) is 0 Å². The van der Waals surface area contributed by atoms with Gasteiger partial charge in [-0.15, -0.1) is 0 Å². The number of rotatable bonds is 2. The SMILES string of the molecule is CN1CC(C=O)(OC(C)(C)C)C1. The number of aldehydes is 1. The van der Waals surface area contributed by atoms with E-state index in [2.05, 4.69) is 4.90 Å². The van der Waals surface area contributed by atoms with Crippen molar-refractivity contribution in [2.24, 2.45) is 0 Å². The first-order chi connectivity index (χ1) is 5.37. The quantitative estimate of drug-likeness (QED) is 0.572. The van der Waals surface area contributed by atoms with Crippen molar-refractivity contribution in [2.45, 2.75) is 32.0 Å². The zero-order valence-electron chi connectivity index (χ0n) is 8.26. The minimum absolute atomic E-state index is 0.234. The molecule has 3 heteroatoms. The number of likely N-dealkylation sites (tertiary alicyclic amines) is 1. The zero-order valence-corrected chi connectivity index (χ0v) is 8.26. The number of carbonyl (C=O) groups excluding carboxylic acids is 1. The second-order valence-electron chi connectivity index (χ2n) is 4.57. The van der Waals surface area contributed by atoms with E-state index in [9.17, 15) is 4.79 Å². The highest BCUT2D eigenvalue weighted by atomic mass is 16.5. The van der Waals surface area contributed by atoms with Crippen LogP contribution in [0.2, 0.25) is 0 Å². The fraction of sp³-hybridized carbons (Fsp3) is 0.889. The number of carbonyl (C=O) groups is 1. The predicted molar refractivity (Wildman–Crippen MR) is 47.1 cm³/mol. The lowest BCUT2D eigenvalue weighted by Gasteiger charge is -2.47. The maximum atomic E-state index is 10.8. The summed E-state index contributed by atoms with van der Waals surface area (Å²) in [5.74, 6) is 0. The van der Waals surface area contributed by atoms with Crippen molar-refractivity contribution in [3.63, 3.8) is 0 Å². The molecule has 12 heavy (non-hydrogen) atoms. The first kappa shape index (κ1) is 9.68. The molecule has 0 amide bonds. The Labute approximate surface area is 73.7 Å². The summed E-state index contributed by atoms with van der Waals surface area (Å²) >= 11 is 0. The van der Waals surface area contributed by atoms with E-state index in [0.717, 1.165) is 6.29 Å². The Hall–Kier alpha value is -0.410. The number of hydrogen-bond donors (Lipinski definition) is 0. The Kier molecular flexibility index (Phi) is 2.27. The van der Waals surface area contributed by atoms with Gasteiger partial charge in [-0.1, -0.05) is 0 Å². The molecule has 0 spiro atoms. The molecule has 0 aromatic rings. The summed E-state index contributed by atoms with van der Waals surface area (Å²) in [6.45, 7) is 7.34. The van der Waals surface area contributed by atoms with E-state index in [1.54, 1.807) is 0 Å². The van der Waals surface area contributed by atoms with Gasteiger partial charge in [-0.3, -0.25) is 4.90 Å². The van der Waals surface area contributed by atoms with E-state index in [1.165, 1.54) is 0 Å². The van der Waals surface area contributed by atoms with Crippen molar-refractivity contribution in [1.82, 2.24) is 4.90 Å². The third-order valence-corrected chi connectivity index (χ3v) is 1.80. The average Bonchev–Trinajstić information content (AvgIpc) is 1.80. The Morgan fingerprint density at radius 1 is 1.42 bits per heavy atom. The van der Waals surface area contributed by atoms with Crippen molar-refractivity contribution >= 4 is 6.29 Å². The fourth-order valence-electron chi connectivity index (χ4n) is 1.64. The first-order valence-corrected chi connectivity index (χ1v) is 4.22. The lowest BCUT2D eigenvalue weighted by molar-refractivity contribution is -0.188. The molecule has 0 aromatic heterocycles. The summed E-state index contributed by atoms with van der Waals surface area (Å²) in [6.07, 6.45) is 0.929. The van der Waals surface area contributed by atoms with Crippen LogP contribution in [0.4, 0.5) is 0 Å². The van der Waals surface area contributed by atoms with Crippen LogP contribution >= 0.6 is 0 Å². The van der Waals surface area contributed by atoms with Crippen LogP contribution in [0.3, 0.4) is 0 Å². The molecule has 3 nitrogen and oxygen atoms in total. The molecule has 0 N–H and O–H groups in total. The Morgan fingerprint density at radius 3 is 2.17 bits per heavy atom. The number of nitrogens with zero attached hydrogens (tertiary/aromatic N) is 1. The predicted octanol–water partition coefficient (Wildman–Crippen LogP) is 0.685. The van der Waals surface area contributed by atoms with Crippen LogP contribution in [-0.2, 0) is 9.53 Å². The molecule has 1 aliphatic rings. The molecule has 0 atom stereocenters. The smallest absolute Gasteiger partial charge is 0.154 e. The van der Waals surface area contributed by atoms with E-state index in [-0.39, 0.29) is 5.60 Å². The van der Waals surface area contributed by atoms with Gasteiger partial charge in [-0.2, -0.15) is 0 Å². The lowest BCUT2D eigenvalue weighted by Crippen LogP contribution is -2.64. The average molecular weight is 171 g/mol. The molecule has 1 rings (SSSR count). The second-order valence-corrected chi connectivity index (χ2v) is 4.57. The minimum atomic E-state index is -0.535. The van der Waals surface area contributed by atoms with E-state index < -0.39 is 5.60 Å². The summed E-state index contributed by atoms with van der Waals surface area (Å²) in [7, 11) is 1.98. The van der Waals surface area contributed by atoms with Gasteiger partial charge in [0.1, 0.15) is 5.60 Å². The van der Waals surface area contributed by atoms with Gasteiger partial charge >= 0.3 is 0 Å². The maximum absolute atomic E-state index is 10.8. The summed E-state index contributed by atoms with van der Waals surface area (Å²) in [6, 6.07) is 0. The van der Waals surface area contributed by atoms with Gasteiger partial charge in [0.05, 0.1) is 5.60 Å². The Morgan fingerprint density at radius 2 is 1.92 bits per heavy atom. The summed E-state index contributed by atoms with van der Waals surface area (Å²) in [5, 5.41) is 0. The molecule has 1 heterocycles. The molecular weight excluding hydrogens is 154 g/mol. The Balaban J connectivity index is 2.54. The highest BCUT2D eigenvalue weighted by Crippen LogP contribution is 2.26. The maximum Gasteiger partial charge on any atom is 0.154 e. The molecule has 1 saturated heterocycles. The summed E-state index contributed by atoms with van der Waals surface area (Å²) in [5.41, 5.74) is -0.769. The van der Waals surface area contributed by atoms with Crippen molar-refractivity contribution in [1.29, 1.82) is 0 Å². The molecule has 0 aromatic carbocycles. The van der Waals surface area contributed by atoms with Crippen molar-refractivity contribution in [2.75, 3.05) is 20.1 Å². The topological polar surface area (TPSA) is 29.5 Å². The number of likely N-dealkylation sites (N-methyl/N-ethyl adjacent to an activating group) is 1. The molecule has 1 fully saturated rings. The van der Waals surface area contributed by atoms with Gasteiger partial charge in [0, 0.05) is 13.1 Å². The zero-order chi connectivity index (χ0) is 9.41. The van der Waals surface area contributed by atoms with Crippen molar-refractivity contribution < 1.29 is 9.53 Å². The fourth-order valence-corrected chi connectivity index (χ4v) is 1.64. The van der Waals surface area contributed by atoms with Crippen LogP contribution in [0.5, 0.6) is 0 Å². The van der Waals surface area contributed by atoms with Crippen molar-refractivity contribution in [3.8, 4) is 0 Å². The first-order valence-electron chi connectivity index (χ1n) is 4.22. The van der Waals surface area contributed by atoms with Crippen LogP contribution in [0, 0.1) is 0 Å². The molecular formula is C9H17NO2. The van der Waals surface area contributed by atoms with Crippen molar-refractivity contribution in [3.05, 3.63) is 0 Å².